The number of ketones is 1. The topological polar surface area (TPSA) is 53.1 Å². The summed E-state index contributed by atoms with van der Waals surface area (Å²) in [6, 6.07) is 11.2. The van der Waals surface area contributed by atoms with Gasteiger partial charge in [0.05, 0.1) is 10.4 Å². The number of rotatable bonds is 3. The molecule has 0 aliphatic heterocycles. The Labute approximate surface area is 149 Å². The quantitative estimate of drug-likeness (QED) is 0.381. The summed E-state index contributed by atoms with van der Waals surface area (Å²) in [6.07, 6.45) is 1.80. The van der Waals surface area contributed by atoms with Crippen molar-refractivity contribution in [2.45, 2.75) is 0 Å². The smallest absolute Gasteiger partial charge is 0.206 e. The Morgan fingerprint density at radius 3 is 2.65 bits per heavy atom. The minimum atomic E-state index is -1.72. The number of halogens is 3. The third kappa shape index (κ3) is 2.48. The van der Waals surface area contributed by atoms with Gasteiger partial charge in [0.1, 0.15) is 0 Å². The van der Waals surface area contributed by atoms with Crippen LogP contribution in [0.3, 0.4) is 0 Å². The van der Waals surface area contributed by atoms with Crippen LogP contribution >= 0.6 is 11.3 Å². The van der Waals surface area contributed by atoms with Gasteiger partial charge < -0.3 is 10.1 Å². The summed E-state index contributed by atoms with van der Waals surface area (Å²) in [5.74, 6) is -7.00. The number of aromatic amines is 1. The second-order valence-corrected chi connectivity index (χ2v) is 6.70. The van der Waals surface area contributed by atoms with Gasteiger partial charge in [0.15, 0.2) is 17.4 Å². The average Bonchev–Trinajstić information content (AvgIpc) is 3.31. The van der Waals surface area contributed by atoms with Gasteiger partial charge in [-0.3, -0.25) is 4.79 Å². The number of aromatic nitrogens is 1. The Morgan fingerprint density at radius 1 is 1.04 bits per heavy atom. The number of nitrogens with one attached hydrogen (secondary N) is 1. The van der Waals surface area contributed by atoms with Gasteiger partial charge in [0.25, 0.3) is 0 Å². The molecule has 0 unspecified atom stereocenters. The number of benzene rings is 2. The van der Waals surface area contributed by atoms with Crippen LogP contribution in [0.25, 0.3) is 21.3 Å². The molecule has 2 N–H and O–H groups in total. The first-order valence-electron chi connectivity index (χ1n) is 7.55. The molecule has 26 heavy (non-hydrogen) atoms. The second-order valence-electron chi connectivity index (χ2n) is 5.62. The number of carbonyl (C=O) groups is 1. The van der Waals surface area contributed by atoms with Crippen LogP contribution in [0.2, 0.25) is 0 Å². The number of phenolic OH excluding ortho intramolecular Hbond substituents is 1. The van der Waals surface area contributed by atoms with E-state index in [1.807, 2.05) is 24.3 Å². The van der Waals surface area contributed by atoms with Crippen LogP contribution in [0, 0.1) is 17.5 Å². The molecule has 130 valence electrons. The van der Waals surface area contributed by atoms with Crippen molar-refractivity contribution in [3.05, 3.63) is 76.6 Å². The molecule has 0 aliphatic carbocycles. The molecule has 4 rings (SSSR count). The number of hydrogen-bond acceptors (Lipinski definition) is 3. The molecule has 0 spiro atoms. The van der Waals surface area contributed by atoms with Crippen molar-refractivity contribution >= 4 is 28.0 Å². The first-order chi connectivity index (χ1) is 12.5. The standard InChI is InChI=1S/C19H10F3NO2S/c20-12-8-11(16(21)19(25)17(12)22)18(24)15-5-4-14(26-15)10-2-1-3-13-9(10)6-7-23-13/h1-8,23,25H. The zero-order valence-electron chi connectivity index (χ0n) is 13.0. The number of thiophene rings is 1. The lowest BCUT2D eigenvalue weighted by Gasteiger charge is -2.05. The lowest BCUT2D eigenvalue weighted by Crippen LogP contribution is -2.05. The van der Waals surface area contributed by atoms with E-state index in [9.17, 15) is 23.1 Å². The number of hydrogen-bond donors (Lipinski definition) is 2. The van der Waals surface area contributed by atoms with Crippen molar-refractivity contribution in [3.63, 3.8) is 0 Å². The fourth-order valence-electron chi connectivity index (χ4n) is 2.79. The lowest BCUT2D eigenvalue weighted by molar-refractivity contribution is 0.103. The minimum Gasteiger partial charge on any atom is -0.503 e. The Balaban J connectivity index is 1.77. The summed E-state index contributed by atoms with van der Waals surface area (Å²) in [6.45, 7) is 0. The zero-order chi connectivity index (χ0) is 18.4. The minimum absolute atomic E-state index is 0.150. The van der Waals surface area contributed by atoms with E-state index in [-0.39, 0.29) is 4.88 Å². The van der Waals surface area contributed by atoms with Crippen molar-refractivity contribution in [3.8, 4) is 16.2 Å². The monoisotopic (exact) mass is 373 g/mol. The highest BCUT2D eigenvalue weighted by molar-refractivity contribution is 7.17. The third-order valence-corrected chi connectivity index (χ3v) is 5.19. The number of phenols is 1. The van der Waals surface area contributed by atoms with Gasteiger partial charge in [0, 0.05) is 27.5 Å². The lowest BCUT2D eigenvalue weighted by atomic mass is 10.1. The molecular weight excluding hydrogens is 363 g/mol. The van der Waals surface area contributed by atoms with Gasteiger partial charge in [-0.1, -0.05) is 12.1 Å². The molecule has 0 fully saturated rings. The van der Waals surface area contributed by atoms with Crippen molar-refractivity contribution in [2.24, 2.45) is 0 Å². The molecule has 3 nitrogen and oxygen atoms in total. The summed E-state index contributed by atoms with van der Waals surface area (Å²) in [4.78, 5) is 16.5. The molecule has 2 heterocycles. The van der Waals surface area contributed by atoms with E-state index in [4.69, 9.17) is 0 Å². The molecule has 0 saturated carbocycles. The molecule has 7 heteroatoms. The third-order valence-electron chi connectivity index (χ3n) is 4.07. The summed E-state index contributed by atoms with van der Waals surface area (Å²) >= 11 is 1.10. The number of carbonyl (C=O) groups excluding carboxylic acids is 1. The molecule has 0 saturated heterocycles. The highest BCUT2D eigenvalue weighted by Gasteiger charge is 2.24. The normalized spacial score (nSPS) is 11.2. The van der Waals surface area contributed by atoms with Crippen molar-refractivity contribution in [1.82, 2.24) is 4.98 Å². The highest BCUT2D eigenvalue weighted by atomic mass is 32.1. The van der Waals surface area contributed by atoms with E-state index in [1.54, 1.807) is 12.3 Å². The van der Waals surface area contributed by atoms with Gasteiger partial charge >= 0.3 is 0 Å². The van der Waals surface area contributed by atoms with Crippen LogP contribution in [-0.2, 0) is 0 Å². The molecular formula is C19H10F3NO2S. The Morgan fingerprint density at radius 2 is 1.85 bits per heavy atom. The zero-order valence-corrected chi connectivity index (χ0v) is 13.8. The molecule has 4 aromatic rings. The van der Waals surface area contributed by atoms with Crippen molar-refractivity contribution < 1.29 is 23.1 Å². The fourth-order valence-corrected chi connectivity index (χ4v) is 3.79. The largest absolute Gasteiger partial charge is 0.503 e. The van der Waals surface area contributed by atoms with E-state index in [1.165, 1.54) is 6.07 Å². The van der Waals surface area contributed by atoms with Crippen molar-refractivity contribution in [1.29, 1.82) is 0 Å². The predicted octanol–water partition coefficient (Wildman–Crippen LogP) is 5.25. The second kappa shape index (κ2) is 6.03. The van der Waals surface area contributed by atoms with Gasteiger partial charge in [0.2, 0.25) is 11.6 Å². The highest BCUT2D eigenvalue weighted by Crippen LogP contribution is 2.35. The molecule has 2 aromatic carbocycles. The first-order valence-corrected chi connectivity index (χ1v) is 8.36. The van der Waals surface area contributed by atoms with Crippen LogP contribution in [0.4, 0.5) is 13.2 Å². The summed E-state index contributed by atoms with van der Waals surface area (Å²) in [5.41, 5.74) is 1.11. The molecule has 0 amide bonds. The Kier molecular flexibility index (Phi) is 3.81. The van der Waals surface area contributed by atoms with E-state index in [0.29, 0.717) is 6.07 Å². The Bertz CT molecular complexity index is 1160. The first kappa shape index (κ1) is 16.4. The number of fused-ring (bicyclic) bond motifs is 1. The van der Waals surface area contributed by atoms with Gasteiger partial charge in [-0.2, -0.15) is 4.39 Å². The molecule has 2 aromatic heterocycles. The molecule has 0 aliphatic rings. The van der Waals surface area contributed by atoms with E-state index in [2.05, 4.69) is 4.98 Å². The predicted molar refractivity (Wildman–Crippen MR) is 93.0 cm³/mol. The SMILES string of the molecule is O=C(c1ccc(-c2cccc3[nH]ccc23)s1)c1cc(F)c(F)c(O)c1F. The van der Waals surface area contributed by atoms with E-state index < -0.39 is 34.5 Å². The molecule has 0 bridgehead atoms. The average molecular weight is 373 g/mol. The van der Waals surface area contributed by atoms with Crippen LogP contribution in [0.1, 0.15) is 15.2 Å². The van der Waals surface area contributed by atoms with E-state index >= 15 is 0 Å². The van der Waals surface area contributed by atoms with Crippen LogP contribution in [0.5, 0.6) is 5.75 Å². The maximum Gasteiger partial charge on any atom is 0.206 e. The van der Waals surface area contributed by atoms with Gasteiger partial charge in [-0.15, -0.1) is 11.3 Å². The van der Waals surface area contributed by atoms with Crippen LogP contribution in [-0.4, -0.2) is 15.9 Å². The maximum atomic E-state index is 14.0. The summed E-state index contributed by atoms with van der Waals surface area (Å²) < 4.78 is 40.7. The molecule has 0 radical (unpaired) electrons. The number of aromatic hydroxyl groups is 1. The summed E-state index contributed by atoms with van der Waals surface area (Å²) in [5, 5.41) is 10.3. The Hall–Kier alpha value is -3.06. The summed E-state index contributed by atoms with van der Waals surface area (Å²) in [7, 11) is 0. The van der Waals surface area contributed by atoms with Gasteiger partial charge in [-0.05, 0) is 30.3 Å². The fraction of sp³-hybridized carbons (Fsp3) is 0. The molecule has 0 atom stereocenters. The van der Waals surface area contributed by atoms with Crippen LogP contribution < -0.4 is 0 Å². The maximum absolute atomic E-state index is 14.0. The van der Waals surface area contributed by atoms with E-state index in [0.717, 1.165) is 32.7 Å². The van der Waals surface area contributed by atoms with Gasteiger partial charge in [-0.25, -0.2) is 8.78 Å². The van der Waals surface area contributed by atoms with Crippen LogP contribution in [0.15, 0.2) is 48.7 Å². The number of H-pyrrole nitrogens is 1. The van der Waals surface area contributed by atoms with Crippen molar-refractivity contribution in [2.75, 3.05) is 0 Å².